The Morgan fingerprint density at radius 3 is 2.11 bits per heavy atom. The number of hydrogen-bond acceptors (Lipinski definition) is 0. The van der Waals surface area contributed by atoms with E-state index in [-0.39, 0.29) is 16.7 Å². The summed E-state index contributed by atoms with van der Waals surface area (Å²) in [4.78, 5) is 0. The van der Waals surface area contributed by atoms with Crippen LogP contribution in [0.5, 0.6) is 0 Å². The van der Waals surface area contributed by atoms with E-state index in [1.807, 2.05) is 0 Å². The maximum Gasteiger partial charge on any atom is 0.167 e. The lowest BCUT2D eigenvalue weighted by Crippen LogP contribution is -2.22. The summed E-state index contributed by atoms with van der Waals surface area (Å²) < 4.78 is 60.9. The van der Waals surface area contributed by atoms with Gasteiger partial charge in [-0.25, -0.2) is 17.6 Å². The van der Waals surface area contributed by atoms with Gasteiger partial charge in [-0.05, 0) is 112 Å². The van der Waals surface area contributed by atoms with E-state index in [9.17, 15) is 4.39 Å². The van der Waals surface area contributed by atoms with Crippen molar-refractivity contribution in [1.82, 2.24) is 0 Å². The summed E-state index contributed by atoms with van der Waals surface area (Å²) >= 11 is 0. The molecule has 1 saturated carbocycles. The fourth-order valence-electron chi connectivity index (χ4n) is 7.03. The lowest BCUT2D eigenvalue weighted by Gasteiger charge is -2.35. The second kappa shape index (κ2) is 16.3. The number of unbranched alkanes of at least 4 members (excludes halogenated alkanes) is 3. The van der Waals surface area contributed by atoms with Gasteiger partial charge < -0.3 is 0 Å². The van der Waals surface area contributed by atoms with Crippen LogP contribution in [0.15, 0.2) is 84.5 Å². The molecule has 2 aromatic carbocycles. The number of halogens is 4. The Hall–Kier alpha value is -3.14. The quantitative estimate of drug-likeness (QED) is 0.0978. The molecule has 0 radical (unpaired) electrons. The van der Waals surface area contributed by atoms with E-state index in [0.717, 1.165) is 56.4 Å². The smallest absolute Gasteiger partial charge is 0.167 e. The maximum atomic E-state index is 15.4. The average Bonchev–Trinajstić information content (AvgIpc) is 3.05. The molecule has 236 valence electrons. The molecule has 1 fully saturated rings. The Morgan fingerprint density at radius 1 is 0.818 bits per heavy atom. The molecule has 0 aromatic heterocycles. The van der Waals surface area contributed by atoms with Crippen LogP contribution in [0, 0.1) is 29.4 Å². The number of rotatable bonds is 12. The highest BCUT2D eigenvalue weighted by atomic mass is 19.2. The summed E-state index contributed by atoms with van der Waals surface area (Å²) in [6.07, 6.45) is 20.1. The number of allylic oxidation sites excluding steroid dienone is 9. The number of benzene rings is 2. The summed E-state index contributed by atoms with van der Waals surface area (Å²) in [5, 5.41) is 0. The van der Waals surface area contributed by atoms with Crippen LogP contribution < -0.4 is 0 Å². The summed E-state index contributed by atoms with van der Waals surface area (Å²) in [5.74, 6) is -1.54. The zero-order chi connectivity index (χ0) is 31.6. The van der Waals surface area contributed by atoms with Crippen LogP contribution in [0.25, 0.3) is 22.3 Å². The van der Waals surface area contributed by atoms with E-state index >= 15 is 13.2 Å². The fourth-order valence-corrected chi connectivity index (χ4v) is 7.03. The molecule has 0 saturated heterocycles. The predicted octanol–water partition coefficient (Wildman–Crippen LogP) is 13.3. The zero-order valence-corrected chi connectivity index (χ0v) is 26.7. The number of hydrogen-bond donors (Lipinski definition) is 0. The molecule has 0 spiro atoms. The van der Waals surface area contributed by atoms with Crippen molar-refractivity contribution in [3.8, 4) is 11.1 Å². The van der Waals surface area contributed by atoms with Gasteiger partial charge in [0.2, 0.25) is 0 Å². The van der Waals surface area contributed by atoms with Gasteiger partial charge in [0.05, 0.1) is 0 Å². The van der Waals surface area contributed by atoms with E-state index in [0.29, 0.717) is 34.9 Å². The second-order valence-corrected chi connectivity index (χ2v) is 12.6. The highest BCUT2D eigenvalue weighted by Gasteiger charge is 2.29. The van der Waals surface area contributed by atoms with Crippen LogP contribution in [0.1, 0.15) is 109 Å². The molecule has 1 unspecified atom stereocenters. The van der Waals surface area contributed by atoms with Crippen LogP contribution in [-0.2, 0) is 0 Å². The Bertz CT molecular complexity index is 1400. The molecule has 0 bridgehead atoms. The van der Waals surface area contributed by atoms with Crippen LogP contribution in [-0.4, -0.2) is 0 Å². The molecule has 2 aromatic rings. The molecule has 1 atom stereocenters. The molecule has 0 aliphatic heterocycles. The van der Waals surface area contributed by atoms with E-state index in [4.69, 9.17) is 0 Å². The van der Waals surface area contributed by atoms with Gasteiger partial charge in [-0.3, -0.25) is 0 Å². The van der Waals surface area contributed by atoms with Crippen molar-refractivity contribution in [2.45, 2.75) is 97.8 Å². The van der Waals surface area contributed by atoms with E-state index < -0.39 is 23.3 Å². The van der Waals surface area contributed by atoms with Gasteiger partial charge in [-0.15, -0.1) is 0 Å². The van der Waals surface area contributed by atoms with Crippen LogP contribution in [0.4, 0.5) is 17.6 Å². The minimum atomic E-state index is -0.952. The molecule has 0 amide bonds. The molecule has 2 aliphatic rings. The third-order valence-corrected chi connectivity index (χ3v) is 9.69. The predicted molar refractivity (Wildman–Crippen MR) is 178 cm³/mol. The monoisotopic (exact) mass is 604 g/mol. The van der Waals surface area contributed by atoms with Gasteiger partial charge in [0.1, 0.15) is 0 Å². The first-order valence-electron chi connectivity index (χ1n) is 16.6. The second-order valence-electron chi connectivity index (χ2n) is 12.6. The fraction of sp³-hybridized carbons (Fsp3) is 0.450. The first-order chi connectivity index (χ1) is 21.3. The Balaban J connectivity index is 1.44. The van der Waals surface area contributed by atoms with Crippen LogP contribution in [0.3, 0.4) is 0 Å². The first kappa shape index (κ1) is 33.7. The van der Waals surface area contributed by atoms with Gasteiger partial charge >= 0.3 is 0 Å². The summed E-state index contributed by atoms with van der Waals surface area (Å²) in [5.41, 5.74) is 2.57. The van der Waals surface area contributed by atoms with E-state index in [1.54, 1.807) is 43.3 Å². The van der Waals surface area contributed by atoms with Gasteiger partial charge in [0.25, 0.3) is 0 Å². The van der Waals surface area contributed by atoms with Gasteiger partial charge in [-0.1, -0.05) is 93.5 Å². The maximum absolute atomic E-state index is 15.4. The topological polar surface area (TPSA) is 0 Å². The summed E-state index contributed by atoms with van der Waals surface area (Å²) in [6.45, 7) is 9.57. The van der Waals surface area contributed by atoms with Crippen LogP contribution >= 0.6 is 0 Å². The standard InChI is InChI=1S/C40H48F4/c1-5-8-9-10-12-27(4)37(41)38(42)34(7-3)31-21-23-33(24-22-31)36-26-25-35(39(43)40(36)44)32-19-17-30(18-20-32)29-15-13-28(11-6-2)14-16-29/h6-7,11,19,21-26,28-30H,4-5,8-10,12-18,20H2,1-3H3/b11-6+,34-7-,38-37-. The highest BCUT2D eigenvalue weighted by molar-refractivity contribution is 5.80. The molecular weight excluding hydrogens is 556 g/mol. The lowest BCUT2D eigenvalue weighted by molar-refractivity contribution is 0.212. The van der Waals surface area contributed by atoms with Gasteiger partial charge in [-0.2, -0.15) is 0 Å². The molecular formula is C40H48F4. The largest absolute Gasteiger partial charge is 0.203 e. The van der Waals surface area contributed by atoms with Gasteiger partial charge in [0.15, 0.2) is 23.3 Å². The minimum absolute atomic E-state index is 0.110. The van der Waals surface area contributed by atoms with Crippen molar-refractivity contribution in [3.05, 3.63) is 107 Å². The molecule has 4 rings (SSSR count). The summed E-state index contributed by atoms with van der Waals surface area (Å²) in [6, 6.07) is 9.77. The van der Waals surface area contributed by atoms with Crippen molar-refractivity contribution in [2.24, 2.45) is 17.8 Å². The van der Waals surface area contributed by atoms with Crippen molar-refractivity contribution in [2.75, 3.05) is 0 Å². The van der Waals surface area contributed by atoms with E-state index in [2.05, 4.69) is 38.7 Å². The normalized spacial score (nSPS) is 21.8. The molecule has 44 heavy (non-hydrogen) atoms. The molecule has 0 N–H and O–H groups in total. The van der Waals surface area contributed by atoms with Crippen molar-refractivity contribution in [3.63, 3.8) is 0 Å². The molecule has 4 heteroatoms. The minimum Gasteiger partial charge on any atom is -0.203 e. The third-order valence-electron chi connectivity index (χ3n) is 9.69. The Kier molecular flexibility index (Phi) is 12.5. The highest BCUT2D eigenvalue weighted by Crippen LogP contribution is 2.42. The van der Waals surface area contributed by atoms with E-state index in [1.165, 1.54) is 31.8 Å². The van der Waals surface area contributed by atoms with Crippen molar-refractivity contribution in [1.29, 1.82) is 0 Å². The first-order valence-corrected chi connectivity index (χ1v) is 16.6. The van der Waals surface area contributed by atoms with Crippen molar-refractivity contribution < 1.29 is 17.6 Å². The molecule has 2 aliphatic carbocycles. The Labute approximate surface area is 262 Å². The van der Waals surface area contributed by atoms with Crippen molar-refractivity contribution >= 4 is 11.1 Å². The molecule has 0 nitrogen and oxygen atoms in total. The van der Waals surface area contributed by atoms with Gasteiger partial charge in [0, 0.05) is 16.7 Å². The third kappa shape index (κ3) is 8.11. The lowest BCUT2D eigenvalue weighted by atomic mass is 9.71. The summed E-state index contributed by atoms with van der Waals surface area (Å²) in [7, 11) is 0. The Morgan fingerprint density at radius 2 is 1.50 bits per heavy atom. The molecule has 0 heterocycles. The zero-order valence-electron chi connectivity index (χ0n) is 26.7. The SMILES string of the molecule is C=C(CCCCCC)/C(F)=C(F)\C(=C/C)c1ccc(-c2ccc(C3=CCC(C4CCC(/C=C/C)CC4)CC3)c(F)c2F)cc1. The average molecular weight is 605 g/mol. The van der Waals surface area contributed by atoms with Crippen LogP contribution in [0.2, 0.25) is 0 Å².